The number of alkyl halides is 3. The molecule has 17 heteroatoms. The summed E-state index contributed by atoms with van der Waals surface area (Å²) in [6.45, 7) is 13.7. The number of ether oxygens (including phenoxy) is 2. The van der Waals surface area contributed by atoms with Crippen molar-refractivity contribution >= 4 is 68.9 Å². The smallest absolute Gasteiger partial charge is 0.753 e. The molecule has 0 fully saturated rings. The summed E-state index contributed by atoms with van der Waals surface area (Å²) in [5, 5.41) is 19.9. The Morgan fingerprint density at radius 3 is 1.57 bits per heavy atom. The summed E-state index contributed by atoms with van der Waals surface area (Å²) >= 11 is 3.70. The molecule has 0 aliphatic rings. The number of isothiocyanates is 1. The fourth-order valence-corrected chi connectivity index (χ4v) is 8.43. The maximum Gasteiger partial charge on any atom is 2.00 e. The first-order valence-corrected chi connectivity index (χ1v) is 24.9. The van der Waals surface area contributed by atoms with Gasteiger partial charge in [-0.05, 0) is 110 Å². The molecule has 0 spiro atoms. The molecule has 5 heterocycles. The van der Waals surface area contributed by atoms with Crippen LogP contribution in [-0.2, 0) is 46.1 Å². The molecular formula is C63H49F3N8O4RuS. The molecule has 0 aliphatic carbocycles. The fourth-order valence-electron chi connectivity index (χ4n) is 8.43. The SMILES string of the molecule is CC(C)(C)c1ccc(N(c2ccc(C(C)(C)C)cc2)c2ccnc(-c3cc(C(F)(F)F)n[n-]3)c2)cc1.O=COc1ccnc(-c2cc(OC=O)cc(-c3cc(C#Cc4c5ccccc5cc5ccccc45)ccn3)n2)c1.[N-]=C=S.[Ru+2]. The molecular weight excluding hydrogens is 1120 g/mol. The van der Waals surface area contributed by atoms with E-state index >= 15 is 0 Å². The Labute approximate surface area is 478 Å². The van der Waals surface area contributed by atoms with Crippen LogP contribution in [0.2, 0.25) is 0 Å². The van der Waals surface area contributed by atoms with Gasteiger partial charge in [-0.1, -0.05) is 144 Å². The van der Waals surface area contributed by atoms with Crippen LogP contribution in [0.5, 0.6) is 11.5 Å². The molecule has 80 heavy (non-hydrogen) atoms. The number of benzene rings is 5. The predicted octanol–water partition coefficient (Wildman–Crippen LogP) is 14.8. The summed E-state index contributed by atoms with van der Waals surface area (Å²) in [4.78, 5) is 41.7. The van der Waals surface area contributed by atoms with Gasteiger partial charge in [0.05, 0.1) is 28.5 Å². The predicted molar refractivity (Wildman–Crippen MR) is 305 cm³/mol. The number of anilines is 3. The van der Waals surface area contributed by atoms with Gasteiger partial charge in [0.25, 0.3) is 12.9 Å². The number of pyridine rings is 4. The molecule has 10 aromatic rings. The fraction of sp³-hybridized carbons (Fsp3) is 0.143. The maximum atomic E-state index is 13.1. The Hall–Kier alpha value is -9.06. The summed E-state index contributed by atoms with van der Waals surface area (Å²) in [6, 6.07) is 49.7. The van der Waals surface area contributed by atoms with E-state index in [9.17, 15) is 22.8 Å². The van der Waals surface area contributed by atoms with E-state index < -0.39 is 11.9 Å². The second kappa shape index (κ2) is 25.6. The van der Waals surface area contributed by atoms with Gasteiger partial charge >= 0.3 is 25.7 Å². The van der Waals surface area contributed by atoms with Gasteiger partial charge in [0, 0.05) is 65.0 Å². The summed E-state index contributed by atoms with van der Waals surface area (Å²) in [6.07, 6.45) is 0.172. The summed E-state index contributed by atoms with van der Waals surface area (Å²) in [5.41, 5.74) is 7.92. The number of hydrogen-bond donors (Lipinski definition) is 0. The van der Waals surface area contributed by atoms with Crippen molar-refractivity contribution in [3.05, 3.63) is 210 Å². The molecule has 0 bridgehead atoms. The van der Waals surface area contributed by atoms with Crippen LogP contribution in [-0.4, -0.2) is 43.1 Å². The molecule has 5 aromatic carbocycles. The second-order valence-electron chi connectivity index (χ2n) is 19.8. The molecule has 0 amide bonds. The number of thiocarbonyl (C=S) groups is 1. The largest absolute Gasteiger partial charge is 2.00 e. The zero-order valence-corrected chi connectivity index (χ0v) is 46.6. The summed E-state index contributed by atoms with van der Waals surface area (Å²) in [7, 11) is 0. The van der Waals surface area contributed by atoms with Crippen molar-refractivity contribution in [2.45, 2.75) is 58.5 Å². The minimum absolute atomic E-state index is 0. The Bertz CT molecular complexity index is 3810. The Balaban J connectivity index is 0.000000219. The first-order chi connectivity index (χ1) is 37.9. The van der Waals surface area contributed by atoms with Crippen LogP contribution in [0.1, 0.15) is 69.5 Å². The van der Waals surface area contributed by atoms with Crippen LogP contribution in [0.15, 0.2) is 176 Å². The van der Waals surface area contributed by atoms with Gasteiger partial charge < -0.3 is 30.0 Å². The Morgan fingerprint density at radius 1 is 0.562 bits per heavy atom. The molecule has 0 saturated heterocycles. The first kappa shape index (κ1) is 58.6. The van der Waals surface area contributed by atoms with Gasteiger partial charge in [0.2, 0.25) is 0 Å². The molecule has 400 valence electrons. The van der Waals surface area contributed by atoms with Gasteiger partial charge in [-0.2, -0.15) is 18.3 Å². The normalized spacial score (nSPS) is 11.0. The minimum atomic E-state index is -4.56. The summed E-state index contributed by atoms with van der Waals surface area (Å²) < 4.78 is 49.3. The van der Waals surface area contributed by atoms with E-state index in [1.165, 1.54) is 22.5 Å². The zero-order valence-electron chi connectivity index (χ0n) is 44.0. The van der Waals surface area contributed by atoms with Gasteiger partial charge in [-0.15, -0.1) is 0 Å². The molecule has 0 radical (unpaired) electrons. The van der Waals surface area contributed by atoms with E-state index in [1.54, 1.807) is 42.7 Å². The van der Waals surface area contributed by atoms with Gasteiger partial charge in [-0.25, -0.2) is 4.98 Å². The number of carbonyl (C=O) groups is 2. The molecule has 5 aromatic heterocycles. The number of carbonyl (C=O) groups excluding carboxylic acids is 2. The third-order valence-corrected chi connectivity index (χ3v) is 12.4. The maximum absolute atomic E-state index is 13.1. The van der Waals surface area contributed by atoms with Crippen molar-refractivity contribution in [2.24, 2.45) is 0 Å². The minimum Gasteiger partial charge on any atom is -0.753 e. The molecule has 12 nitrogen and oxygen atoms in total. The molecule has 0 atom stereocenters. The van der Waals surface area contributed by atoms with Crippen LogP contribution < -0.4 is 19.5 Å². The third-order valence-electron chi connectivity index (χ3n) is 12.4. The molecule has 0 aliphatic heterocycles. The molecule has 10 rings (SSSR count). The Morgan fingerprint density at radius 2 is 1.05 bits per heavy atom. The monoisotopic (exact) mass is 1170 g/mol. The number of rotatable bonds is 10. The zero-order chi connectivity index (χ0) is 56.3. The van der Waals surface area contributed by atoms with E-state index in [0.717, 1.165) is 55.8 Å². The first-order valence-electron chi connectivity index (χ1n) is 24.5. The molecule has 0 unspecified atom stereocenters. The second-order valence-corrected chi connectivity index (χ2v) is 20.0. The van der Waals surface area contributed by atoms with Crippen molar-refractivity contribution in [3.8, 4) is 57.5 Å². The van der Waals surface area contributed by atoms with E-state index in [2.05, 4.69) is 179 Å². The van der Waals surface area contributed by atoms with Crippen molar-refractivity contribution < 1.29 is 51.7 Å². The number of nitrogens with zero attached hydrogens (tertiary/aromatic N) is 8. The average molecular weight is 1170 g/mol. The van der Waals surface area contributed by atoms with Crippen molar-refractivity contribution in [1.29, 1.82) is 0 Å². The van der Waals surface area contributed by atoms with E-state index in [-0.39, 0.29) is 41.8 Å². The standard InChI is InChI=1S/C33H19N3O4.C29H30F3N4.CNS.Ru/c37-20-39-25-12-14-35-31(17-25)33-19-26(40-21-38)18-32(36-33)30-15-22(11-13-34-30)9-10-29-27-7-3-1-5-23(27)16-24-6-2-4-8-28(24)29;1-27(2,3)19-7-11-21(12-8-19)36(22-13-9-20(10-14-22)28(4,5)6)23-15-16-33-24(17-23)25-18-26(35-34-25)29(30,31)32;2-1-3;/h1-8,11-21H;7-18H,1-6H3;;/q;2*-1;+2. The third kappa shape index (κ3) is 14.3. The molecule has 0 saturated carbocycles. The molecule has 0 N–H and O–H groups in total. The quantitative estimate of drug-likeness (QED) is 0.0319. The van der Waals surface area contributed by atoms with Crippen LogP contribution >= 0.6 is 12.2 Å². The van der Waals surface area contributed by atoms with Crippen molar-refractivity contribution in [2.75, 3.05) is 4.90 Å². The van der Waals surface area contributed by atoms with Crippen LogP contribution in [0.3, 0.4) is 0 Å². The van der Waals surface area contributed by atoms with Crippen molar-refractivity contribution in [1.82, 2.24) is 30.1 Å². The van der Waals surface area contributed by atoms with Crippen LogP contribution in [0.25, 0.3) is 61.1 Å². The van der Waals surface area contributed by atoms with Gasteiger partial charge in [0.1, 0.15) is 17.2 Å². The number of halogens is 3. The van der Waals surface area contributed by atoms with Crippen LogP contribution in [0, 0.1) is 11.8 Å². The van der Waals surface area contributed by atoms with Crippen molar-refractivity contribution in [3.63, 3.8) is 0 Å². The summed E-state index contributed by atoms with van der Waals surface area (Å²) in [5.74, 6) is 7.26. The van der Waals surface area contributed by atoms with Gasteiger partial charge in [0.15, 0.2) is 0 Å². The van der Waals surface area contributed by atoms with E-state index in [1.807, 2.05) is 42.5 Å². The topological polar surface area (TPSA) is 157 Å². The number of fused-ring (bicyclic) bond motifs is 2. The number of hydrogen-bond acceptors (Lipinski definition) is 11. The van der Waals surface area contributed by atoms with E-state index in [0.29, 0.717) is 47.2 Å². The Kier molecular flexibility index (Phi) is 18.8. The van der Waals surface area contributed by atoms with Crippen LogP contribution in [0.4, 0.5) is 30.2 Å². The average Bonchev–Trinajstić information content (AvgIpc) is 4.02. The van der Waals surface area contributed by atoms with Gasteiger partial charge in [-0.3, -0.25) is 24.5 Å². The van der Waals surface area contributed by atoms with E-state index in [4.69, 9.17) is 14.9 Å². The number of aromatic nitrogens is 6.